The second-order valence-electron chi connectivity index (χ2n) is 9.30. The largest absolute Gasteiger partial charge is 0.502 e. The van der Waals surface area contributed by atoms with Gasteiger partial charge >= 0.3 is 0 Å². The number of nitrogens with one attached hydrogen (secondary N) is 1. The minimum absolute atomic E-state index is 0.00644. The highest BCUT2D eigenvalue weighted by Crippen LogP contribution is 2.24. The number of aromatic nitrogens is 1. The Hall–Kier alpha value is -3.51. The van der Waals surface area contributed by atoms with Crippen molar-refractivity contribution in [3.63, 3.8) is 0 Å². The Balaban J connectivity index is 1.92. The Morgan fingerprint density at radius 1 is 1.18 bits per heavy atom. The number of methoxy groups -OCH3 is 1. The first kappa shape index (κ1) is 29.1. The predicted octanol–water partition coefficient (Wildman–Crippen LogP) is 2.09. The summed E-state index contributed by atoms with van der Waals surface area (Å²) in [4.78, 5) is 40.3. The van der Waals surface area contributed by atoms with E-state index in [0.717, 1.165) is 6.07 Å². The van der Waals surface area contributed by atoms with Crippen molar-refractivity contribution in [3.8, 4) is 5.75 Å². The van der Waals surface area contributed by atoms with Crippen molar-refractivity contribution in [2.75, 3.05) is 38.5 Å². The van der Waals surface area contributed by atoms with Crippen LogP contribution in [0.3, 0.4) is 0 Å². The third kappa shape index (κ3) is 6.30. The highest BCUT2D eigenvalue weighted by Gasteiger charge is 2.34. The molecule has 3 rings (SSSR count). The van der Waals surface area contributed by atoms with E-state index in [0.29, 0.717) is 38.3 Å². The second-order valence-corrected chi connectivity index (χ2v) is 9.30. The van der Waals surface area contributed by atoms with Gasteiger partial charge in [-0.15, -0.1) is 0 Å². The Kier molecular flexibility index (Phi) is 9.45. The topological polar surface area (TPSA) is 124 Å². The van der Waals surface area contributed by atoms with Gasteiger partial charge in [0.15, 0.2) is 11.4 Å². The van der Waals surface area contributed by atoms with Crippen LogP contribution in [-0.2, 0) is 11.3 Å². The Labute approximate surface area is 219 Å². The van der Waals surface area contributed by atoms with Crippen LogP contribution >= 0.6 is 0 Å². The minimum atomic E-state index is -1.05. The van der Waals surface area contributed by atoms with Crippen LogP contribution in [0.15, 0.2) is 29.2 Å². The van der Waals surface area contributed by atoms with Gasteiger partial charge in [-0.25, -0.2) is 8.78 Å². The van der Waals surface area contributed by atoms with Gasteiger partial charge in [-0.1, -0.05) is 19.9 Å². The van der Waals surface area contributed by atoms with Crippen molar-refractivity contribution in [2.45, 2.75) is 51.7 Å². The minimum Gasteiger partial charge on any atom is -0.502 e. The average molecular weight is 537 g/mol. The Morgan fingerprint density at radius 3 is 2.53 bits per heavy atom. The fourth-order valence-electron chi connectivity index (χ4n) is 4.33. The lowest BCUT2D eigenvalue weighted by Crippen LogP contribution is -2.55. The summed E-state index contributed by atoms with van der Waals surface area (Å²) in [5.74, 6) is -4.02. The smallest absolute Gasteiger partial charge is 0.277 e. The number of hydrogen-bond acceptors (Lipinski definition) is 7. The van der Waals surface area contributed by atoms with Crippen molar-refractivity contribution in [1.29, 1.82) is 0 Å². The standard InChI is InChI=1S/C26H34F2N4O6/c1-4-26(37,5-2)9-6-10-31-16-30(11-12-38-3)25(36)21-23(34)22(33)19(15-32(21)31)24(35)29-14-17-7-8-18(27)13-20(17)28/h7-8,13,15,34,37H,4-6,9-12,14,16H2,1-3H3,(H,29,35). The van der Waals surface area contributed by atoms with Crippen molar-refractivity contribution >= 4 is 11.8 Å². The van der Waals surface area contributed by atoms with E-state index in [1.165, 1.54) is 28.9 Å². The molecule has 12 heteroatoms. The summed E-state index contributed by atoms with van der Waals surface area (Å²) in [6.45, 7) is 4.35. The van der Waals surface area contributed by atoms with Crippen LogP contribution in [0, 0.1) is 11.6 Å². The molecule has 0 atom stereocenters. The maximum absolute atomic E-state index is 14.0. The summed E-state index contributed by atoms with van der Waals surface area (Å²) in [5, 5.41) is 25.5. The van der Waals surface area contributed by atoms with Gasteiger partial charge in [0.25, 0.3) is 11.8 Å². The van der Waals surface area contributed by atoms with E-state index >= 15 is 0 Å². The molecule has 38 heavy (non-hydrogen) atoms. The molecule has 2 amide bonds. The summed E-state index contributed by atoms with van der Waals surface area (Å²) in [5.41, 5.74) is -2.62. The van der Waals surface area contributed by atoms with Crippen LogP contribution in [0.2, 0.25) is 0 Å². The van der Waals surface area contributed by atoms with E-state index in [-0.39, 0.29) is 37.6 Å². The first-order valence-electron chi connectivity index (χ1n) is 12.5. The molecule has 1 aliphatic rings. The summed E-state index contributed by atoms with van der Waals surface area (Å²) >= 11 is 0. The predicted molar refractivity (Wildman–Crippen MR) is 136 cm³/mol. The zero-order chi connectivity index (χ0) is 28.0. The number of halogens is 2. The molecule has 2 aromatic rings. The highest BCUT2D eigenvalue weighted by molar-refractivity contribution is 5.99. The van der Waals surface area contributed by atoms with Gasteiger partial charge < -0.3 is 25.2 Å². The number of pyridine rings is 1. The van der Waals surface area contributed by atoms with E-state index in [1.807, 2.05) is 13.8 Å². The number of ether oxygens (including phenoxy) is 1. The zero-order valence-corrected chi connectivity index (χ0v) is 21.8. The van der Waals surface area contributed by atoms with Gasteiger partial charge in [-0.3, -0.25) is 24.1 Å². The zero-order valence-electron chi connectivity index (χ0n) is 21.8. The number of carbonyl (C=O) groups is 2. The van der Waals surface area contributed by atoms with E-state index < -0.39 is 45.8 Å². The van der Waals surface area contributed by atoms with Gasteiger partial charge in [-0.2, -0.15) is 0 Å². The van der Waals surface area contributed by atoms with Gasteiger partial charge in [0, 0.05) is 44.6 Å². The first-order chi connectivity index (χ1) is 18.0. The number of carbonyl (C=O) groups excluding carboxylic acids is 2. The van der Waals surface area contributed by atoms with Crippen LogP contribution in [0.4, 0.5) is 8.78 Å². The Morgan fingerprint density at radius 2 is 1.89 bits per heavy atom. The monoisotopic (exact) mass is 536 g/mol. The summed E-state index contributed by atoms with van der Waals surface area (Å²) in [6.07, 6.45) is 3.34. The van der Waals surface area contributed by atoms with Gasteiger partial charge in [0.2, 0.25) is 5.43 Å². The molecule has 1 aliphatic heterocycles. The SMILES string of the molecule is CCC(O)(CC)CCCN1CN(CCOC)C(=O)c2c(O)c(=O)c(C(=O)NCc3ccc(F)cc3F)cn21. The molecule has 2 heterocycles. The molecular weight excluding hydrogens is 502 g/mol. The number of fused-ring (bicyclic) bond motifs is 1. The average Bonchev–Trinajstić information content (AvgIpc) is 2.90. The van der Waals surface area contributed by atoms with Gasteiger partial charge in [0.1, 0.15) is 23.9 Å². The van der Waals surface area contributed by atoms with Crippen LogP contribution in [0.25, 0.3) is 0 Å². The van der Waals surface area contributed by atoms with Crippen molar-refractivity contribution in [1.82, 2.24) is 14.9 Å². The van der Waals surface area contributed by atoms with E-state index in [2.05, 4.69) is 5.32 Å². The summed E-state index contributed by atoms with van der Waals surface area (Å²) in [6, 6.07) is 2.89. The molecule has 0 saturated carbocycles. The van der Waals surface area contributed by atoms with Gasteiger partial charge in [-0.05, 0) is 31.7 Å². The molecule has 0 radical (unpaired) electrons. The van der Waals surface area contributed by atoms with Crippen LogP contribution in [0.5, 0.6) is 5.75 Å². The quantitative estimate of drug-likeness (QED) is 0.380. The number of aromatic hydroxyl groups is 1. The molecule has 0 bridgehead atoms. The molecule has 1 aromatic heterocycles. The number of aliphatic hydroxyl groups is 1. The summed E-state index contributed by atoms with van der Waals surface area (Å²) in [7, 11) is 1.49. The fourth-order valence-corrected chi connectivity index (χ4v) is 4.33. The lowest BCUT2D eigenvalue weighted by molar-refractivity contribution is 0.0213. The third-order valence-corrected chi connectivity index (χ3v) is 6.93. The maximum atomic E-state index is 14.0. The number of amides is 2. The first-order valence-corrected chi connectivity index (χ1v) is 12.5. The molecule has 0 fully saturated rings. The number of hydrogen-bond donors (Lipinski definition) is 3. The fraction of sp³-hybridized carbons (Fsp3) is 0.500. The molecule has 10 nitrogen and oxygen atoms in total. The molecule has 3 N–H and O–H groups in total. The lowest BCUT2D eigenvalue weighted by atomic mass is 9.92. The molecule has 208 valence electrons. The van der Waals surface area contributed by atoms with E-state index in [1.54, 1.807) is 5.01 Å². The summed E-state index contributed by atoms with van der Waals surface area (Å²) < 4.78 is 33.5. The van der Waals surface area contributed by atoms with Crippen molar-refractivity contribution < 1.29 is 33.3 Å². The molecule has 0 spiro atoms. The molecular formula is C26H34F2N4O6. The molecule has 0 unspecified atom stereocenters. The van der Waals surface area contributed by atoms with E-state index in [9.17, 15) is 33.4 Å². The van der Waals surface area contributed by atoms with E-state index in [4.69, 9.17) is 4.74 Å². The highest BCUT2D eigenvalue weighted by atomic mass is 19.1. The lowest BCUT2D eigenvalue weighted by Gasteiger charge is -2.40. The van der Waals surface area contributed by atoms with Crippen LogP contribution < -0.4 is 15.8 Å². The number of benzene rings is 1. The van der Waals surface area contributed by atoms with Crippen LogP contribution in [0.1, 0.15) is 65.9 Å². The third-order valence-electron chi connectivity index (χ3n) is 6.93. The molecule has 0 aliphatic carbocycles. The Bertz CT molecular complexity index is 1230. The van der Waals surface area contributed by atoms with Crippen molar-refractivity contribution in [2.24, 2.45) is 0 Å². The van der Waals surface area contributed by atoms with Crippen LogP contribution in [-0.4, -0.2) is 70.7 Å². The number of nitrogens with zero attached hydrogens (tertiary/aromatic N) is 3. The maximum Gasteiger partial charge on any atom is 0.277 e. The van der Waals surface area contributed by atoms with Gasteiger partial charge in [0.05, 0.1) is 12.2 Å². The molecule has 1 aromatic carbocycles. The normalized spacial score (nSPS) is 13.6. The van der Waals surface area contributed by atoms with Crippen molar-refractivity contribution in [3.05, 3.63) is 63.1 Å². The number of rotatable bonds is 12. The molecule has 0 saturated heterocycles. The second kappa shape index (κ2) is 12.4.